The maximum Gasteiger partial charge on any atom is 0.314 e. The van der Waals surface area contributed by atoms with Crippen molar-refractivity contribution in [1.29, 1.82) is 0 Å². The standard InChI is InChI=1S/C13H15FO2/c1-9(14)8-10-4-2-3-5-11(10)13(6-7-13)12(15)16/h2-5,9H,6-8H2,1H3,(H,15,16). The fourth-order valence-corrected chi connectivity index (χ4v) is 2.19. The molecule has 1 fully saturated rings. The highest BCUT2D eigenvalue weighted by molar-refractivity contribution is 5.85. The highest BCUT2D eigenvalue weighted by Gasteiger charge is 2.52. The first kappa shape index (κ1) is 11.1. The van der Waals surface area contributed by atoms with Crippen molar-refractivity contribution >= 4 is 5.97 Å². The Hall–Kier alpha value is -1.38. The number of hydrogen-bond donors (Lipinski definition) is 1. The number of carboxylic acid groups (broad SMARTS) is 1. The van der Waals surface area contributed by atoms with Gasteiger partial charge in [0, 0.05) is 6.42 Å². The van der Waals surface area contributed by atoms with Crippen LogP contribution in [0.25, 0.3) is 0 Å². The number of carboxylic acids is 1. The molecular formula is C13H15FO2. The molecule has 0 radical (unpaired) electrons. The number of alkyl halides is 1. The van der Waals surface area contributed by atoms with Gasteiger partial charge in [-0.2, -0.15) is 0 Å². The third-order valence-electron chi connectivity index (χ3n) is 3.19. The lowest BCUT2D eigenvalue weighted by atomic mass is 9.89. The number of carbonyl (C=O) groups is 1. The van der Waals surface area contributed by atoms with Crippen molar-refractivity contribution in [2.24, 2.45) is 0 Å². The van der Waals surface area contributed by atoms with Gasteiger partial charge in [0.25, 0.3) is 0 Å². The lowest BCUT2D eigenvalue weighted by Gasteiger charge is -2.15. The minimum atomic E-state index is -0.939. The van der Waals surface area contributed by atoms with E-state index in [9.17, 15) is 14.3 Å². The zero-order valence-corrected chi connectivity index (χ0v) is 9.24. The Morgan fingerprint density at radius 2 is 2.12 bits per heavy atom. The lowest BCUT2D eigenvalue weighted by Crippen LogP contribution is -2.21. The van der Waals surface area contributed by atoms with Crippen LogP contribution in [0.15, 0.2) is 24.3 Å². The first-order chi connectivity index (χ1) is 7.56. The van der Waals surface area contributed by atoms with Crippen molar-refractivity contribution in [3.05, 3.63) is 35.4 Å². The molecule has 0 aromatic heterocycles. The lowest BCUT2D eigenvalue weighted by molar-refractivity contribution is -0.140. The molecule has 1 aromatic carbocycles. The zero-order valence-electron chi connectivity index (χ0n) is 9.24. The molecule has 0 amide bonds. The summed E-state index contributed by atoms with van der Waals surface area (Å²) in [5.74, 6) is -0.786. The molecule has 0 bridgehead atoms. The summed E-state index contributed by atoms with van der Waals surface area (Å²) in [4.78, 5) is 11.2. The fraction of sp³-hybridized carbons (Fsp3) is 0.462. The van der Waals surface area contributed by atoms with Crippen molar-refractivity contribution in [2.45, 2.75) is 37.8 Å². The van der Waals surface area contributed by atoms with Gasteiger partial charge in [-0.05, 0) is 30.9 Å². The van der Waals surface area contributed by atoms with Crippen LogP contribution in [0.4, 0.5) is 4.39 Å². The van der Waals surface area contributed by atoms with E-state index >= 15 is 0 Å². The van der Waals surface area contributed by atoms with Crippen molar-refractivity contribution in [1.82, 2.24) is 0 Å². The van der Waals surface area contributed by atoms with E-state index in [0.717, 1.165) is 11.1 Å². The topological polar surface area (TPSA) is 37.3 Å². The molecule has 0 spiro atoms. The van der Waals surface area contributed by atoms with E-state index < -0.39 is 17.6 Å². The highest BCUT2D eigenvalue weighted by Crippen LogP contribution is 2.49. The Balaban J connectivity index is 2.37. The van der Waals surface area contributed by atoms with Gasteiger partial charge in [0.15, 0.2) is 0 Å². The average Bonchev–Trinajstić information content (AvgIpc) is 2.98. The fourth-order valence-electron chi connectivity index (χ4n) is 2.19. The predicted molar refractivity (Wildman–Crippen MR) is 59.3 cm³/mol. The van der Waals surface area contributed by atoms with Crippen LogP contribution in [-0.2, 0) is 16.6 Å². The maximum absolute atomic E-state index is 13.0. The quantitative estimate of drug-likeness (QED) is 0.850. The summed E-state index contributed by atoms with van der Waals surface area (Å²) in [6, 6.07) is 7.30. The Morgan fingerprint density at radius 3 is 2.62 bits per heavy atom. The first-order valence-corrected chi connectivity index (χ1v) is 5.52. The average molecular weight is 222 g/mol. The Labute approximate surface area is 94.1 Å². The molecule has 1 aliphatic carbocycles. The summed E-state index contributed by atoms with van der Waals surface area (Å²) in [6.45, 7) is 1.50. The molecule has 1 saturated carbocycles. The smallest absolute Gasteiger partial charge is 0.314 e. The Kier molecular flexibility index (Phi) is 2.70. The van der Waals surface area contributed by atoms with Gasteiger partial charge in [-0.3, -0.25) is 4.79 Å². The Morgan fingerprint density at radius 1 is 1.50 bits per heavy atom. The minimum absolute atomic E-state index is 0.297. The largest absolute Gasteiger partial charge is 0.481 e. The summed E-state index contributed by atoms with van der Waals surface area (Å²) < 4.78 is 13.0. The molecule has 1 atom stereocenters. The molecule has 2 rings (SSSR count). The SMILES string of the molecule is CC(F)Cc1ccccc1C1(C(=O)O)CC1. The normalized spacial score (nSPS) is 19.1. The first-order valence-electron chi connectivity index (χ1n) is 5.52. The summed E-state index contributed by atoms with van der Waals surface area (Å²) in [5.41, 5.74) is 0.898. The van der Waals surface area contributed by atoms with Crippen LogP contribution >= 0.6 is 0 Å². The van der Waals surface area contributed by atoms with Gasteiger partial charge in [0.2, 0.25) is 0 Å². The molecule has 3 heteroatoms. The van der Waals surface area contributed by atoms with E-state index in [2.05, 4.69) is 0 Å². The van der Waals surface area contributed by atoms with Crippen LogP contribution in [0.3, 0.4) is 0 Å². The highest BCUT2D eigenvalue weighted by atomic mass is 19.1. The molecule has 2 nitrogen and oxygen atoms in total. The number of rotatable bonds is 4. The van der Waals surface area contributed by atoms with E-state index in [1.807, 2.05) is 24.3 Å². The van der Waals surface area contributed by atoms with Gasteiger partial charge in [-0.1, -0.05) is 24.3 Å². The molecule has 0 saturated heterocycles. The Bertz CT molecular complexity index is 408. The second-order valence-corrected chi connectivity index (χ2v) is 4.53. The second kappa shape index (κ2) is 3.89. The van der Waals surface area contributed by atoms with Crippen LogP contribution in [0.5, 0.6) is 0 Å². The molecule has 16 heavy (non-hydrogen) atoms. The van der Waals surface area contributed by atoms with Crippen LogP contribution < -0.4 is 0 Å². The van der Waals surface area contributed by atoms with Gasteiger partial charge in [-0.25, -0.2) is 4.39 Å². The van der Waals surface area contributed by atoms with E-state index in [0.29, 0.717) is 19.3 Å². The molecule has 1 N–H and O–H groups in total. The number of halogens is 1. The van der Waals surface area contributed by atoms with Crippen LogP contribution in [0.2, 0.25) is 0 Å². The van der Waals surface area contributed by atoms with Crippen molar-refractivity contribution in [3.63, 3.8) is 0 Å². The predicted octanol–water partition coefficient (Wildman–Crippen LogP) is 2.70. The number of benzene rings is 1. The van der Waals surface area contributed by atoms with Crippen LogP contribution in [0.1, 0.15) is 30.9 Å². The summed E-state index contributed by atoms with van der Waals surface area (Å²) in [6.07, 6.45) is 0.691. The summed E-state index contributed by atoms with van der Waals surface area (Å²) in [7, 11) is 0. The molecule has 1 aliphatic rings. The van der Waals surface area contributed by atoms with Gasteiger partial charge in [0.1, 0.15) is 6.17 Å². The molecule has 1 aromatic rings. The van der Waals surface area contributed by atoms with Gasteiger partial charge >= 0.3 is 5.97 Å². The van der Waals surface area contributed by atoms with Crippen LogP contribution in [-0.4, -0.2) is 17.2 Å². The van der Waals surface area contributed by atoms with Gasteiger partial charge in [0.05, 0.1) is 5.41 Å². The summed E-state index contributed by atoms with van der Waals surface area (Å²) in [5, 5.41) is 9.22. The van der Waals surface area contributed by atoms with Crippen LogP contribution in [0, 0.1) is 0 Å². The van der Waals surface area contributed by atoms with E-state index in [1.54, 1.807) is 0 Å². The monoisotopic (exact) mass is 222 g/mol. The molecular weight excluding hydrogens is 207 g/mol. The third kappa shape index (κ3) is 1.82. The molecule has 86 valence electrons. The number of aliphatic carboxylic acids is 1. The molecule has 0 heterocycles. The second-order valence-electron chi connectivity index (χ2n) is 4.53. The van der Waals surface area contributed by atoms with Crippen molar-refractivity contribution in [3.8, 4) is 0 Å². The molecule has 1 unspecified atom stereocenters. The van der Waals surface area contributed by atoms with Gasteiger partial charge < -0.3 is 5.11 Å². The van der Waals surface area contributed by atoms with Gasteiger partial charge in [-0.15, -0.1) is 0 Å². The van der Waals surface area contributed by atoms with Crippen molar-refractivity contribution < 1.29 is 14.3 Å². The maximum atomic E-state index is 13.0. The zero-order chi connectivity index (χ0) is 11.8. The van der Waals surface area contributed by atoms with Crippen molar-refractivity contribution in [2.75, 3.05) is 0 Å². The summed E-state index contributed by atoms with van der Waals surface area (Å²) >= 11 is 0. The van der Waals surface area contributed by atoms with E-state index in [-0.39, 0.29) is 0 Å². The molecule has 0 aliphatic heterocycles. The minimum Gasteiger partial charge on any atom is -0.481 e. The number of hydrogen-bond acceptors (Lipinski definition) is 1. The van der Waals surface area contributed by atoms with E-state index in [1.165, 1.54) is 6.92 Å². The third-order valence-corrected chi connectivity index (χ3v) is 3.19. The van der Waals surface area contributed by atoms with E-state index in [4.69, 9.17) is 0 Å².